The molecule has 37 heavy (non-hydrogen) atoms. The Morgan fingerprint density at radius 3 is 0.838 bits per heavy atom. The molecule has 0 atom stereocenters. The largest absolute Gasteiger partial charge is 0.551 e. The van der Waals surface area contributed by atoms with Crippen LogP contribution in [0.15, 0.2) is 0 Å². The van der Waals surface area contributed by atoms with Gasteiger partial charge in [-0.15, -0.1) is 0 Å². The molecule has 2 N–H and O–H groups in total. The first-order valence-electron chi connectivity index (χ1n) is 11.2. The van der Waals surface area contributed by atoms with Gasteiger partial charge in [-0.05, 0) is 32.2 Å². The molecule has 0 saturated heterocycles. The van der Waals surface area contributed by atoms with E-state index >= 15 is 0 Å². The Morgan fingerprint density at radius 2 is 0.838 bits per heavy atom. The monoisotopic (exact) mass is 830 g/mol. The van der Waals surface area contributed by atoms with Crippen LogP contribution < -0.4 is 10.6 Å². The number of hydrogen-bond acceptors (Lipinski definition) is 4. The van der Waals surface area contributed by atoms with E-state index in [1.165, 1.54) is 0 Å². The Morgan fingerprint density at radius 1 is 0.676 bits per heavy atom. The van der Waals surface area contributed by atoms with E-state index < -0.39 is 0 Å². The Kier molecular flexibility index (Phi) is 132. The van der Waals surface area contributed by atoms with Gasteiger partial charge in [-0.1, -0.05) is 48.5 Å². The third kappa shape index (κ3) is 133. The van der Waals surface area contributed by atoms with Gasteiger partial charge in [-0.25, -0.2) is 7.11 Å². The molecule has 9 heteroatoms. The summed E-state index contributed by atoms with van der Waals surface area (Å²) in [7, 11) is 9.90. The minimum Gasteiger partial charge on any atom is -0.551 e. The van der Waals surface area contributed by atoms with E-state index in [0.29, 0.717) is 6.04 Å². The Hall–Kier alpha value is 3.35. The molecule has 0 aromatic rings. The van der Waals surface area contributed by atoms with E-state index in [4.69, 9.17) is 0 Å². The van der Waals surface area contributed by atoms with Crippen molar-refractivity contribution in [2.75, 3.05) is 0 Å². The molecule has 5 nitrogen and oxygen atoms in total. The van der Waals surface area contributed by atoms with Crippen molar-refractivity contribution in [1.29, 1.82) is 0 Å². The third-order valence-corrected chi connectivity index (χ3v) is 2.38. The van der Waals surface area contributed by atoms with Gasteiger partial charge in [0.15, 0.2) is 5.91 Å². The van der Waals surface area contributed by atoms with E-state index in [1.54, 1.807) is 27.7 Å². The summed E-state index contributed by atoms with van der Waals surface area (Å²) in [5.74, 6) is 0.0324. The van der Waals surface area contributed by atoms with Crippen LogP contribution in [0.25, 0.3) is 0 Å². The number of carbonyl (C=O) groups is 2. The molecule has 0 bridgehead atoms. The zero-order chi connectivity index (χ0) is 29.4. The maximum atomic E-state index is 10.4. The Balaban J connectivity index is -0.0000000200. The summed E-state index contributed by atoms with van der Waals surface area (Å²) >= 11 is 0. The maximum absolute atomic E-state index is 10.4. The fourth-order valence-corrected chi connectivity index (χ4v) is 0.204. The third-order valence-electron chi connectivity index (χ3n) is 2.38. The van der Waals surface area contributed by atoms with Gasteiger partial charge >= 0.3 is 0 Å². The molecule has 0 aliphatic carbocycles. The summed E-state index contributed by atoms with van der Waals surface area (Å²) in [4.78, 5) is 20.7. The molecule has 0 heterocycles. The average molecular weight is 830 g/mol. The van der Waals surface area contributed by atoms with Crippen LogP contribution >= 0.6 is 0 Å². The van der Waals surface area contributed by atoms with Crippen molar-refractivity contribution in [2.24, 2.45) is 11.3 Å². The van der Waals surface area contributed by atoms with Gasteiger partial charge < -0.3 is 54.8 Å². The predicted molar refractivity (Wildman–Crippen MR) is 152 cm³/mol. The van der Waals surface area contributed by atoms with Crippen LogP contribution in [-0.2, 0) is 145 Å². The molecule has 0 unspecified atom stereocenters. The SMILES string of the molecule is [CH2-]C.[CH2-]C.[CH2-]C.[CH2-]C.[CH2-]C(=O)C(C)(C)C.[CH2-]NC(=O)C(C)C.[CH2-]NC(C)C.[CH2-]OC(C)(C)C.[Y].[Y].[Y].[Y]. The van der Waals surface area contributed by atoms with Crippen LogP contribution in [0.3, 0.4) is 0 Å². The van der Waals surface area contributed by atoms with Gasteiger partial charge in [-0.2, -0.15) is 27.7 Å². The summed E-state index contributed by atoms with van der Waals surface area (Å²) in [6.07, 6.45) is 0. The molecule has 4 radical (unpaired) electrons. The summed E-state index contributed by atoms with van der Waals surface area (Å²) in [6, 6.07) is 0.523. The first-order valence-corrected chi connectivity index (χ1v) is 11.2. The van der Waals surface area contributed by atoms with Crippen LogP contribution in [0.5, 0.6) is 0 Å². The zero-order valence-corrected chi connectivity index (χ0v) is 38.7. The van der Waals surface area contributed by atoms with Crippen molar-refractivity contribution in [1.82, 2.24) is 10.6 Å². The summed E-state index contributed by atoms with van der Waals surface area (Å²) in [5, 5.41) is 5.05. The molecular weight excluding hydrogens is 768 g/mol. The van der Waals surface area contributed by atoms with Crippen LogP contribution in [0.4, 0.5) is 0 Å². The van der Waals surface area contributed by atoms with Gasteiger partial charge in [-0.3, -0.25) is 18.9 Å². The zero-order valence-electron chi connectivity index (χ0n) is 27.3. The van der Waals surface area contributed by atoms with Crippen molar-refractivity contribution < 1.29 is 145 Å². The molecule has 0 aliphatic rings. The second-order valence-corrected chi connectivity index (χ2v) is 7.98. The van der Waals surface area contributed by atoms with Crippen molar-refractivity contribution in [3.63, 3.8) is 0 Å². The summed E-state index contributed by atoms with van der Waals surface area (Å²) in [5.41, 5.74) is -0.319. The van der Waals surface area contributed by atoms with Gasteiger partial charge in [0, 0.05) is 148 Å². The number of amides is 1. The van der Waals surface area contributed by atoms with Crippen LogP contribution in [0.2, 0.25) is 0 Å². The number of ketones is 1. The number of rotatable bonds is 2. The Bertz CT molecular complexity index is 343. The van der Waals surface area contributed by atoms with Crippen molar-refractivity contribution in [3.8, 4) is 0 Å². The van der Waals surface area contributed by atoms with Gasteiger partial charge in [0.1, 0.15) is 0 Å². The molecule has 0 aliphatic heterocycles. The van der Waals surface area contributed by atoms with Crippen molar-refractivity contribution in [3.05, 3.63) is 55.8 Å². The first-order chi connectivity index (χ1) is 15.0. The van der Waals surface area contributed by atoms with Gasteiger partial charge in [0.2, 0.25) is 0 Å². The molecular formula is C28H62N2O3Y4-8. The van der Waals surface area contributed by atoms with E-state index in [9.17, 15) is 9.59 Å². The van der Waals surface area contributed by atoms with E-state index in [-0.39, 0.29) is 159 Å². The number of nitrogens with one attached hydrogen (secondary N) is 2. The quantitative estimate of drug-likeness (QED) is 0.280. The van der Waals surface area contributed by atoms with Crippen molar-refractivity contribution >= 4 is 11.7 Å². The molecule has 0 aromatic carbocycles. The van der Waals surface area contributed by atoms with E-state index in [1.807, 2.05) is 69.2 Å². The number of ether oxygens (including phenoxy) is 1. The smallest absolute Gasteiger partial charge is 0.193 e. The summed E-state index contributed by atoms with van der Waals surface area (Å²) < 4.78 is 4.69. The molecule has 1 amide bonds. The number of Topliss-reactive ketones (excluding diaryl/α,β-unsaturated/α-hetero) is 1. The molecule has 0 rings (SSSR count). The number of carbonyl (C=O) groups excluding carboxylic acids is 2. The molecule has 0 fully saturated rings. The minimum atomic E-state index is -0.250. The fourth-order valence-electron chi connectivity index (χ4n) is 0.204. The first kappa shape index (κ1) is 77.7. The Labute approximate surface area is 338 Å². The van der Waals surface area contributed by atoms with E-state index in [2.05, 4.69) is 71.2 Å². The normalized spacial score (nSPS) is 7.76. The fraction of sp³-hybridized carbons (Fsp3) is 0.643. The number of hydrogen-bond donors (Lipinski definition) is 2. The molecule has 0 spiro atoms. The van der Waals surface area contributed by atoms with E-state index in [0.717, 1.165) is 0 Å². The second kappa shape index (κ2) is 62.8. The molecule has 0 saturated carbocycles. The average Bonchev–Trinajstić information content (AvgIpc) is 2.78. The topological polar surface area (TPSA) is 67.4 Å². The standard InChI is InChI=1S/C6H11O.C5H10NO.C5H11O.C4H10N.4C2H5.4Y/c1-5(7)6(2,3)4;1-4(2)5(7)6-3;1-5(2,3)6-4;1-4(2)5-3;4*1-2;;;;/h1H2,2-4H3;4H,3H2,1-2H3,(H,6,7);4H2,1-3H3;4-5H,3H2,1-2H3;4*1H2,2H3;;;;/q8*-1;;;;. The summed E-state index contributed by atoms with van der Waals surface area (Å²) in [6.45, 7) is 42.4. The van der Waals surface area contributed by atoms with Crippen LogP contribution in [0, 0.1) is 67.2 Å². The minimum absolute atomic E-state index is 0. The van der Waals surface area contributed by atoms with Crippen molar-refractivity contribution in [2.45, 2.75) is 109 Å². The van der Waals surface area contributed by atoms with Crippen LogP contribution in [-0.4, -0.2) is 23.3 Å². The second-order valence-electron chi connectivity index (χ2n) is 7.98. The van der Waals surface area contributed by atoms with Gasteiger partial charge in [0.05, 0.1) is 0 Å². The predicted octanol–water partition coefficient (Wildman–Crippen LogP) is 7.71. The van der Waals surface area contributed by atoms with Crippen LogP contribution in [0.1, 0.15) is 96.9 Å². The molecule has 0 aromatic heterocycles. The van der Waals surface area contributed by atoms with Gasteiger partial charge in [0.25, 0.3) is 0 Å². The molecule has 222 valence electrons. The maximum Gasteiger partial charge on any atom is 0.193 e.